The maximum Gasteiger partial charge on any atom is 0.323 e. The standard InChI is InChI=1S/C41H59N11O3/c1-30-14-15-35-37(26-30)47-41(45-27-34-28-52(50-49-34)23-9-21-43-20-8-22-44-32-12-6-3-7-13-32)48-39(35)46-33-18-24-51(25-19-33)38(53)17-16-36(42)40(54)55-29-31-10-4-2-5-11-31/h2,4-5,10-11,14-15,26,28,32-33,36,43-44H,3,6-9,12-13,16-25,27,29,42H2,1H3,(H2,45,46,47,48)/t36-/m0/s1. The van der Waals surface area contributed by atoms with Crippen molar-refractivity contribution in [3.05, 3.63) is 71.5 Å². The number of piperidine rings is 1. The van der Waals surface area contributed by atoms with Crippen molar-refractivity contribution < 1.29 is 14.3 Å². The predicted molar refractivity (Wildman–Crippen MR) is 215 cm³/mol. The highest BCUT2D eigenvalue weighted by Gasteiger charge is 2.25. The Kier molecular flexibility index (Phi) is 15.2. The molecule has 14 nitrogen and oxygen atoms in total. The van der Waals surface area contributed by atoms with E-state index in [9.17, 15) is 9.59 Å². The second kappa shape index (κ2) is 20.9. The smallest absolute Gasteiger partial charge is 0.323 e. The van der Waals surface area contributed by atoms with E-state index in [0.29, 0.717) is 25.6 Å². The van der Waals surface area contributed by atoms with Crippen LogP contribution in [0.2, 0.25) is 0 Å². The number of nitrogens with two attached hydrogens (primary N) is 1. The van der Waals surface area contributed by atoms with Crippen molar-refractivity contribution in [2.24, 2.45) is 5.73 Å². The fourth-order valence-electron chi connectivity index (χ4n) is 7.30. The molecule has 1 saturated heterocycles. The molecule has 1 atom stereocenters. The molecule has 0 spiro atoms. The van der Waals surface area contributed by atoms with Gasteiger partial charge in [0.2, 0.25) is 11.9 Å². The van der Waals surface area contributed by atoms with Gasteiger partial charge in [-0.3, -0.25) is 14.3 Å². The van der Waals surface area contributed by atoms with Gasteiger partial charge in [-0.25, -0.2) is 4.98 Å². The number of hydrogen-bond acceptors (Lipinski definition) is 12. The molecule has 2 aromatic heterocycles. The molecular formula is C41H59N11O3. The first-order valence-electron chi connectivity index (χ1n) is 20.3. The van der Waals surface area contributed by atoms with Crippen molar-refractivity contribution >= 4 is 34.5 Å². The Morgan fingerprint density at radius 2 is 1.75 bits per heavy atom. The summed E-state index contributed by atoms with van der Waals surface area (Å²) in [7, 11) is 0. The lowest BCUT2D eigenvalue weighted by Crippen LogP contribution is -2.43. The number of nitrogens with zero attached hydrogens (tertiary/aromatic N) is 6. The van der Waals surface area contributed by atoms with E-state index in [0.717, 1.165) is 91.4 Å². The van der Waals surface area contributed by atoms with Gasteiger partial charge in [0.15, 0.2) is 0 Å². The van der Waals surface area contributed by atoms with E-state index in [-0.39, 0.29) is 31.4 Å². The number of amides is 1. The summed E-state index contributed by atoms with van der Waals surface area (Å²) in [5.74, 6) is 0.789. The highest BCUT2D eigenvalue weighted by atomic mass is 16.5. The molecule has 1 aliphatic carbocycles. The van der Waals surface area contributed by atoms with Gasteiger partial charge in [0.05, 0.1) is 18.3 Å². The van der Waals surface area contributed by atoms with E-state index >= 15 is 0 Å². The topological polar surface area (TPSA) is 177 Å². The number of ether oxygens (including phenoxy) is 1. The van der Waals surface area contributed by atoms with E-state index in [1.165, 1.54) is 32.1 Å². The average Bonchev–Trinajstić information content (AvgIpc) is 3.67. The van der Waals surface area contributed by atoms with Crippen molar-refractivity contribution in [3.63, 3.8) is 0 Å². The Bertz CT molecular complexity index is 1790. The second-order valence-electron chi connectivity index (χ2n) is 15.0. The number of benzene rings is 2. The Hall–Kier alpha value is -4.66. The van der Waals surface area contributed by atoms with E-state index in [1.807, 2.05) is 46.1 Å². The van der Waals surface area contributed by atoms with E-state index in [2.05, 4.69) is 56.7 Å². The van der Waals surface area contributed by atoms with Crippen LogP contribution in [0.1, 0.15) is 87.4 Å². The summed E-state index contributed by atoms with van der Waals surface area (Å²) in [5.41, 5.74) is 9.75. The van der Waals surface area contributed by atoms with Crippen molar-refractivity contribution in [1.82, 2.24) is 40.5 Å². The summed E-state index contributed by atoms with van der Waals surface area (Å²) >= 11 is 0. The lowest BCUT2D eigenvalue weighted by Gasteiger charge is -2.33. The molecule has 14 heteroatoms. The minimum atomic E-state index is -0.836. The van der Waals surface area contributed by atoms with Gasteiger partial charge < -0.3 is 36.6 Å². The molecule has 0 bridgehead atoms. The van der Waals surface area contributed by atoms with Gasteiger partial charge in [0.25, 0.3) is 0 Å². The molecule has 6 N–H and O–H groups in total. The van der Waals surface area contributed by atoms with Gasteiger partial charge in [0.1, 0.15) is 24.2 Å². The number of likely N-dealkylation sites (tertiary alicyclic amines) is 1. The summed E-state index contributed by atoms with van der Waals surface area (Å²) < 4.78 is 7.24. The summed E-state index contributed by atoms with van der Waals surface area (Å²) in [6.07, 6.45) is 12.9. The van der Waals surface area contributed by atoms with Crippen LogP contribution in [0.15, 0.2) is 54.7 Å². The second-order valence-corrected chi connectivity index (χ2v) is 15.0. The molecule has 2 aliphatic rings. The maximum atomic E-state index is 13.0. The fourth-order valence-corrected chi connectivity index (χ4v) is 7.30. The minimum absolute atomic E-state index is 0.000751. The molecule has 1 amide bonds. The molecule has 296 valence electrons. The van der Waals surface area contributed by atoms with Crippen molar-refractivity contribution in [2.75, 3.05) is 43.4 Å². The minimum Gasteiger partial charge on any atom is -0.460 e. The third-order valence-corrected chi connectivity index (χ3v) is 10.6. The van der Waals surface area contributed by atoms with Crippen LogP contribution in [0.4, 0.5) is 11.8 Å². The van der Waals surface area contributed by atoms with Gasteiger partial charge in [0, 0.05) is 43.5 Å². The van der Waals surface area contributed by atoms with Gasteiger partial charge in [-0.05, 0) is 94.8 Å². The SMILES string of the molecule is Cc1ccc2c(NC3CCN(C(=O)CC[C@H](N)C(=O)OCc4ccccc4)CC3)nc(NCc3cn(CCCNCCCNC4CCCCC4)nn3)nc2c1. The number of esters is 1. The normalized spacial score (nSPS) is 15.9. The molecule has 1 aliphatic heterocycles. The summed E-state index contributed by atoms with van der Waals surface area (Å²) in [6, 6.07) is 15.7. The van der Waals surface area contributed by atoms with Crippen molar-refractivity contribution in [2.45, 2.75) is 115 Å². The van der Waals surface area contributed by atoms with Crippen LogP contribution in [0.5, 0.6) is 0 Å². The summed E-state index contributed by atoms with van der Waals surface area (Å²) in [5, 5.41) is 23.9. The molecular weight excluding hydrogens is 695 g/mol. The Morgan fingerprint density at radius 3 is 2.56 bits per heavy atom. The number of aromatic nitrogens is 5. The third-order valence-electron chi connectivity index (χ3n) is 10.6. The quantitative estimate of drug-likeness (QED) is 0.0623. The van der Waals surface area contributed by atoms with Gasteiger partial charge in [-0.1, -0.05) is 60.9 Å². The number of nitrogens with one attached hydrogen (secondary N) is 4. The van der Waals surface area contributed by atoms with E-state index < -0.39 is 12.0 Å². The highest BCUT2D eigenvalue weighted by molar-refractivity contribution is 5.90. The summed E-state index contributed by atoms with van der Waals surface area (Å²) in [4.78, 5) is 36.9. The lowest BCUT2D eigenvalue weighted by atomic mass is 9.95. The molecule has 0 radical (unpaired) electrons. The van der Waals surface area contributed by atoms with Crippen LogP contribution < -0.4 is 27.0 Å². The Morgan fingerprint density at radius 1 is 0.945 bits per heavy atom. The van der Waals surface area contributed by atoms with Crippen LogP contribution in [-0.2, 0) is 34.0 Å². The third kappa shape index (κ3) is 12.7. The monoisotopic (exact) mass is 753 g/mol. The first-order chi connectivity index (χ1) is 26.9. The van der Waals surface area contributed by atoms with Crippen LogP contribution in [0.25, 0.3) is 10.9 Å². The van der Waals surface area contributed by atoms with Gasteiger partial charge in [-0.2, -0.15) is 4.98 Å². The Balaban J connectivity index is 0.914. The number of fused-ring (bicyclic) bond motifs is 1. The zero-order valence-electron chi connectivity index (χ0n) is 32.3. The predicted octanol–water partition coefficient (Wildman–Crippen LogP) is 4.69. The van der Waals surface area contributed by atoms with Gasteiger partial charge >= 0.3 is 5.97 Å². The van der Waals surface area contributed by atoms with Crippen LogP contribution in [0.3, 0.4) is 0 Å². The molecule has 6 rings (SSSR count). The van der Waals surface area contributed by atoms with E-state index in [1.54, 1.807) is 0 Å². The molecule has 4 aromatic rings. The number of carbonyl (C=O) groups is 2. The number of hydrogen-bond donors (Lipinski definition) is 5. The van der Waals surface area contributed by atoms with Crippen LogP contribution >= 0.6 is 0 Å². The van der Waals surface area contributed by atoms with Crippen LogP contribution in [-0.4, -0.2) is 92.6 Å². The van der Waals surface area contributed by atoms with Crippen LogP contribution in [0, 0.1) is 6.92 Å². The number of carbonyl (C=O) groups excluding carboxylic acids is 2. The highest BCUT2D eigenvalue weighted by Crippen LogP contribution is 2.26. The molecule has 55 heavy (non-hydrogen) atoms. The lowest BCUT2D eigenvalue weighted by molar-refractivity contribution is -0.146. The average molecular weight is 754 g/mol. The molecule has 1 saturated carbocycles. The zero-order chi connectivity index (χ0) is 38.2. The number of anilines is 2. The molecule has 3 heterocycles. The van der Waals surface area contributed by atoms with Gasteiger partial charge in [-0.15, -0.1) is 5.10 Å². The van der Waals surface area contributed by atoms with Crippen molar-refractivity contribution in [1.29, 1.82) is 0 Å². The Labute approximate surface area is 324 Å². The summed E-state index contributed by atoms with van der Waals surface area (Å²) in [6.45, 7) is 7.78. The molecule has 0 unspecified atom stereocenters. The number of rotatable bonds is 20. The fraction of sp³-hybridized carbons (Fsp3) is 0.561. The first-order valence-corrected chi connectivity index (χ1v) is 20.3. The molecule has 2 fully saturated rings. The molecule has 2 aromatic carbocycles. The van der Waals surface area contributed by atoms with Crippen molar-refractivity contribution in [3.8, 4) is 0 Å². The first kappa shape index (κ1) is 40.0. The zero-order valence-corrected chi connectivity index (χ0v) is 32.3. The van der Waals surface area contributed by atoms with E-state index in [4.69, 9.17) is 20.4 Å². The number of aryl methyl sites for hydroxylation is 2. The largest absolute Gasteiger partial charge is 0.460 e. The maximum absolute atomic E-state index is 13.0.